The van der Waals surface area contributed by atoms with E-state index in [9.17, 15) is 9.90 Å². The van der Waals surface area contributed by atoms with E-state index in [0.29, 0.717) is 42.1 Å². The summed E-state index contributed by atoms with van der Waals surface area (Å²) >= 11 is 0. The number of carbonyl (C=O) groups is 1. The first-order chi connectivity index (χ1) is 15.2. The molecule has 178 valence electrons. The van der Waals surface area contributed by atoms with Crippen LogP contribution in [0.25, 0.3) is 0 Å². The van der Waals surface area contributed by atoms with Crippen molar-refractivity contribution in [2.75, 3.05) is 6.61 Å². The summed E-state index contributed by atoms with van der Waals surface area (Å²) in [7, 11) is 0. The first-order valence-corrected chi connectivity index (χ1v) is 13.1. The van der Waals surface area contributed by atoms with Crippen LogP contribution in [-0.4, -0.2) is 32.6 Å². The lowest BCUT2D eigenvalue weighted by Gasteiger charge is -2.61. The highest BCUT2D eigenvalue weighted by Crippen LogP contribution is 2.68. The number of carbonyl (C=O) groups excluding carboxylic acids is 1. The minimum atomic E-state index is -0.472. The van der Waals surface area contributed by atoms with Gasteiger partial charge in [-0.2, -0.15) is 0 Å². The van der Waals surface area contributed by atoms with E-state index in [2.05, 4.69) is 18.8 Å². The summed E-state index contributed by atoms with van der Waals surface area (Å²) in [5.74, 6) is 4.02. The second-order valence-corrected chi connectivity index (χ2v) is 12.3. The summed E-state index contributed by atoms with van der Waals surface area (Å²) in [5, 5.41) is 10.7. The maximum Gasteiger partial charge on any atom is 0.231 e. The molecule has 1 heterocycles. The van der Waals surface area contributed by atoms with Gasteiger partial charge in [0.1, 0.15) is 0 Å². The monoisotopic (exact) mass is 442 g/mol. The zero-order valence-corrected chi connectivity index (χ0v) is 20.5. The summed E-state index contributed by atoms with van der Waals surface area (Å²) in [4.78, 5) is 17.7. The van der Waals surface area contributed by atoms with Gasteiger partial charge in [-0.1, -0.05) is 13.8 Å². The molecule has 0 spiro atoms. The summed E-state index contributed by atoms with van der Waals surface area (Å²) in [6.07, 6.45) is 13.9. The van der Waals surface area contributed by atoms with Crippen LogP contribution in [0.3, 0.4) is 0 Å². The minimum Gasteiger partial charge on any atom is -0.477 e. The molecule has 0 radical (unpaired) electrons. The zero-order chi connectivity index (χ0) is 22.7. The quantitative estimate of drug-likeness (QED) is 0.675. The van der Waals surface area contributed by atoms with Crippen LogP contribution in [0.1, 0.15) is 85.5 Å². The fourth-order valence-corrected chi connectivity index (χ4v) is 8.90. The standard InChI is InChI=1S/C27H42N2O3/c1-5-32-24-16-29(17-28-24)15-23(30)22-9-8-20-19-7-6-18-14-25(2,31)12-13-26(18,3)21(19)10-11-27(20,22)4/h16-22,31H,5-15H2,1-4H3/t18-,19+,20+,21+,22-,25-,26+,27+/m1/s1. The number of ether oxygens (including phenoxy) is 1. The van der Waals surface area contributed by atoms with E-state index in [0.717, 1.165) is 31.1 Å². The van der Waals surface area contributed by atoms with Crippen LogP contribution >= 0.6 is 0 Å². The molecule has 4 aliphatic carbocycles. The highest BCUT2D eigenvalue weighted by atomic mass is 16.5. The second kappa shape index (κ2) is 7.85. The number of nitrogens with zero attached hydrogens (tertiary/aromatic N) is 2. The largest absolute Gasteiger partial charge is 0.477 e. The summed E-state index contributed by atoms with van der Waals surface area (Å²) in [5.41, 5.74) is 0.0480. The van der Waals surface area contributed by atoms with Gasteiger partial charge in [0.25, 0.3) is 0 Å². The van der Waals surface area contributed by atoms with Crippen LogP contribution in [0.2, 0.25) is 0 Å². The molecule has 0 amide bonds. The van der Waals surface area contributed by atoms with Crippen LogP contribution < -0.4 is 4.74 Å². The average molecular weight is 443 g/mol. The molecule has 8 atom stereocenters. The number of aliphatic hydroxyl groups is 1. The van der Waals surface area contributed by atoms with E-state index in [-0.39, 0.29) is 11.3 Å². The number of imidazole rings is 1. The number of ketones is 1. The van der Waals surface area contributed by atoms with Gasteiger partial charge in [-0.3, -0.25) is 4.79 Å². The van der Waals surface area contributed by atoms with E-state index in [4.69, 9.17) is 4.74 Å². The Hall–Kier alpha value is -1.36. The predicted octanol–water partition coefficient (Wildman–Crippen LogP) is 5.26. The lowest BCUT2D eigenvalue weighted by atomic mass is 9.44. The smallest absolute Gasteiger partial charge is 0.231 e. The predicted molar refractivity (Wildman–Crippen MR) is 124 cm³/mol. The van der Waals surface area contributed by atoms with E-state index >= 15 is 0 Å². The molecule has 0 aliphatic heterocycles. The van der Waals surface area contributed by atoms with E-state index in [1.807, 2.05) is 24.6 Å². The van der Waals surface area contributed by atoms with Crippen molar-refractivity contribution in [2.45, 2.75) is 97.6 Å². The Morgan fingerprint density at radius 1 is 1.09 bits per heavy atom. The third-order valence-corrected chi connectivity index (χ3v) is 10.6. The van der Waals surface area contributed by atoms with E-state index in [1.54, 1.807) is 6.33 Å². The lowest BCUT2D eigenvalue weighted by Crippen LogP contribution is -2.55. The molecular formula is C27H42N2O3. The molecule has 5 rings (SSSR count). The Bertz CT molecular complexity index is 863. The van der Waals surface area contributed by atoms with Gasteiger partial charge in [0, 0.05) is 5.92 Å². The van der Waals surface area contributed by atoms with Crippen LogP contribution in [0.4, 0.5) is 0 Å². The average Bonchev–Trinajstić information content (AvgIpc) is 3.32. The fraction of sp³-hybridized carbons (Fsp3) is 0.852. The molecule has 32 heavy (non-hydrogen) atoms. The number of Topliss-reactive ketones (excluding diaryl/α,β-unsaturated/α-hetero) is 1. The summed E-state index contributed by atoms with van der Waals surface area (Å²) in [6, 6.07) is 0. The van der Waals surface area contributed by atoms with Gasteiger partial charge >= 0.3 is 0 Å². The molecule has 1 aromatic rings. The van der Waals surface area contributed by atoms with Gasteiger partial charge in [0.2, 0.25) is 5.88 Å². The van der Waals surface area contributed by atoms with E-state index < -0.39 is 5.60 Å². The molecule has 5 heteroatoms. The third kappa shape index (κ3) is 3.54. The van der Waals surface area contributed by atoms with Gasteiger partial charge in [-0.25, -0.2) is 4.98 Å². The summed E-state index contributed by atoms with van der Waals surface area (Å²) < 4.78 is 7.36. The van der Waals surface area contributed by atoms with Crippen molar-refractivity contribution in [1.82, 2.24) is 9.55 Å². The molecule has 0 unspecified atom stereocenters. The number of hydrogen-bond donors (Lipinski definition) is 1. The Labute approximate surface area is 193 Å². The summed E-state index contributed by atoms with van der Waals surface area (Å²) in [6.45, 7) is 9.97. The van der Waals surface area contributed by atoms with Crippen molar-refractivity contribution in [3.63, 3.8) is 0 Å². The first-order valence-electron chi connectivity index (χ1n) is 13.1. The number of fused-ring (bicyclic) bond motifs is 5. The molecule has 4 saturated carbocycles. The number of rotatable bonds is 5. The van der Waals surface area contributed by atoms with Gasteiger partial charge in [0.05, 0.1) is 31.3 Å². The molecule has 0 aromatic carbocycles. The molecule has 5 nitrogen and oxygen atoms in total. The Balaban J connectivity index is 1.31. The van der Waals surface area contributed by atoms with Crippen molar-refractivity contribution in [1.29, 1.82) is 0 Å². The molecule has 1 N–H and O–H groups in total. The molecule has 0 bridgehead atoms. The first kappa shape index (κ1) is 22.4. The molecule has 4 aliphatic rings. The Morgan fingerprint density at radius 3 is 2.66 bits per heavy atom. The van der Waals surface area contributed by atoms with Crippen LogP contribution in [0.5, 0.6) is 5.88 Å². The normalized spacial score (nSPS) is 45.6. The van der Waals surface area contributed by atoms with Gasteiger partial charge in [-0.05, 0) is 106 Å². The van der Waals surface area contributed by atoms with Crippen molar-refractivity contribution in [3.8, 4) is 5.88 Å². The highest BCUT2D eigenvalue weighted by Gasteiger charge is 2.61. The van der Waals surface area contributed by atoms with Gasteiger partial charge in [0.15, 0.2) is 5.78 Å². The van der Waals surface area contributed by atoms with Crippen molar-refractivity contribution in [2.24, 2.45) is 40.4 Å². The Morgan fingerprint density at radius 2 is 1.88 bits per heavy atom. The maximum atomic E-state index is 13.4. The van der Waals surface area contributed by atoms with Crippen LogP contribution in [0.15, 0.2) is 12.5 Å². The maximum absolute atomic E-state index is 13.4. The minimum absolute atomic E-state index is 0.144. The number of aromatic nitrogens is 2. The molecule has 1 aromatic heterocycles. The molecule has 4 fully saturated rings. The third-order valence-electron chi connectivity index (χ3n) is 10.6. The SMILES string of the molecule is CCOc1cn(CC(=O)[C@H]2CC[C@H]3[C@@H]4CC[C@@H]5C[C@](C)(O)CC[C@]5(C)[C@H]4CC[C@]23C)cn1. The van der Waals surface area contributed by atoms with Crippen molar-refractivity contribution >= 4 is 5.78 Å². The van der Waals surface area contributed by atoms with Crippen molar-refractivity contribution in [3.05, 3.63) is 12.5 Å². The second-order valence-electron chi connectivity index (χ2n) is 12.3. The van der Waals surface area contributed by atoms with Gasteiger partial charge in [-0.15, -0.1) is 0 Å². The molecule has 0 saturated heterocycles. The van der Waals surface area contributed by atoms with Gasteiger partial charge < -0.3 is 14.4 Å². The fourth-order valence-electron chi connectivity index (χ4n) is 8.90. The van der Waals surface area contributed by atoms with Crippen LogP contribution in [0, 0.1) is 40.4 Å². The van der Waals surface area contributed by atoms with Crippen LogP contribution in [-0.2, 0) is 11.3 Å². The highest BCUT2D eigenvalue weighted by molar-refractivity contribution is 5.82. The number of hydrogen-bond acceptors (Lipinski definition) is 4. The molecular weight excluding hydrogens is 400 g/mol. The zero-order valence-electron chi connectivity index (χ0n) is 20.5. The lowest BCUT2D eigenvalue weighted by molar-refractivity contribution is -0.151. The van der Waals surface area contributed by atoms with E-state index in [1.165, 1.54) is 38.5 Å². The topological polar surface area (TPSA) is 64.3 Å². The Kier molecular flexibility index (Phi) is 5.51. The van der Waals surface area contributed by atoms with Crippen molar-refractivity contribution < 1.29 is 14.6 Å².